The molecule has 0 fully saturated rings. The van der Waals surface area contributed by atoms with Crippen LogP contribution in [0.2, 0.25) is 5.02 Å². The van der Waals surface area contributed by atoms with E-state index in [1.165, 1.54) is 0 Å². The zero-order chi connectivity index (χ0) is 13.7. The van der Waals surface area contributed by atoms with Crippen molar-refractivity contribution in [3.05, 3.63) is 46.6 Å². The van der Waals surface area contributed by atoms with Gasteiger partial charge >= 0.3 is 11.8 Å². The number of aliphatic hydroxyl groups excluding tert-OH is 1. The number of nitrogens with zero attached hydrogens (tertiary/aromatic N) is 2. The Kier molecular flexibility index (Phi) is 4.48. The fraction of sp³-hybridized carbons (Fsp3) is 0.250. The zero-order valence-electron chi connectivity index (χ0n) is 9.97. The van der Waals surface area contributed by atoms with Gasteiger partial charge in [0.15, 0.2) is 0 Å². The summed E-state index contributed by atoms with van der Waals surface area (Å²) in [4.78, 5) is 11.5. The van der Waals surface area contributed by atoms with E-state index in [0.29, 0.717) is 17.3 Å². The van der Waals surface area contributed by atoms with Crippen LogP contribution in [0, 0.1) is 0 Å². The highest BCUT2D eigenvalue weighted by atomic mass is 35.5. The molecule has 0 saturated heterocycles. The predicted octanol–water partition coefficient (Wildman–Crippen LogP) is 1.04. The van der Waals surface area contributed by atoms with E-state index in [9.17, 15) is 4.79 Å². The molecule has 0 bridgehead atoms. The molecule has 1 aromatic carbocycles. The van der Waals surface area contributed by atoms with Gasteiger partial charge < -0.3 is 14.8 Å². The van der Waals surface area contributed by atoms with Gasteiger partial charge in [-0.3, -0.25) is 4.79 Å². The van der Waals surface area contributed by atoms with Crippen molar-refractivity contribution >= 4 is 17.5 Å². The van der Waals surface area contributed by atoms with Gasteiger partial charge in [-0.05, 0) is 11.6 Å². The Morgan fingerprint density at radius 2 is 2.16 bits per heavy atom. The maximum Gasteiger partial charge on any atom is 0.308 e. The molecule has 6 nitrogen and oxygen atoms in total. The summed E-state index contributed by atoms with van der Waals surface area (Å²) in [6.07, 6.45) is 0.361. The minimum Gasteiger partial charge on any atom is -0.417 e. The highest BCUT2D eigenvalue weighted by molar-refractivity contribution is 6.31. The van der Waals surface area contributed by atoms with Gasteiger partial charge in [0.2, 0.25) is 5.89 Å². The van der Waals surface area contributed by atoms with E-state index in [2.05, 4.69) is 15.5 Å². The number of hydrogen-bond acceptors (Lipinski definition) is 5. The van der Waals surface area contributed by atoms with Crippen molar-refractivity contribution < 1.29 is 14.3 Å². The van der Waals surface area contributed by atoms with E-state index in [1.807, 2.05) is 18.2 Å². The van der Waals surface area contributed by atoms with Crippen molar-refractivity contribution in [2.24, 2.45) is 0 Å². The number of aromatic nitrogens is 2. The van der Waals surface area contributed by atoms with Crippen molar-refractivity contribution in [3.8, 4) is 0 Å². The van der Waals surface area contributed by atoms with Crippen LogP contribution < -0.4 is 5.32 Å². The maximum absolute atomic E-state index is 11.5. The second-order valence-electron chi connectivity index (χ2n) is 3.75. The first kappa shape index (κ1) is 13.5. The second-order valence-corrected chi connectivity index (χ2v) is 4.16. The number of rotatable bonds is 5. The molecule has 2 rings (SSSR count). The second kappa shape index (κ2) is 6.31. The van der Waals surface area contributed by atoms with E-state index in [4.69, 9.17) is 21.1 Å². The van der Waals surface area contributed by atoms with Crippen LogP contribution in [0.1, 0.15) is 22.1 Å². The molecule has 0 atom stereocenters. The van der Waals surface area contributed by atoms with E-state index in [0.717, 1.165) is 5.56 Å². The zero-order valence-corrected chi connectivity index (χ0v) is 10.7. The van der Waals surface area contributed by atoms with E-state index >= 15 is 0 Å². The van der Waals surface area contributed by atoms with Gasteiger partial charge in [-0.25, -0.2) is 0 Å². The standard InChI is InChI=1S/C12H12ClN3O3/c13-9-4-2-1-3-8(9)7-10-15-16-12(19-10)11(18)14-5-6-17/h1-4,17H,5-7H2,(H,14,18). The lowest BCUT2D eigenvalue weighted by Gasteiger charge is -1.99. The monoisotopic (exact) mass is 281 g/mol. The average Bonchev–Trinajstić information content (AvgIpc) is 2.87. The molecule has 0 unspecified atom stereocenters. The normalized spacial score (nSPS) is 10.4. The van der Waals surface area contributed by atoms with Crippen LogP contribution in [0.25, 0.3) is 0 Å². The number of halogens is 1. The molecule has 100 valence electrons. The van der Waals surface area contributed by atoms with Gasteiger partial charge in [0.25, 0.3) is 0 Å². The van der Waals surface area contributed by atoms with E-state index in [1.54, 1.807) is 6.07 Å². The van der Waals surface area contributed by atoms with Gasteiger partial charge in [0.1, 0.15) is 0 Å². The Labute approximate surface area is 114 Å². The van der Waals surface area contributed by atoms with Crippen LogP contribution in [-0.4, -0.2) is 34.4 Å². The molecule has 0 spiro atoms. The Bertz CT molecular complexity index is 571. The Hall–Kier alpha value is -1.92. The first-order chi connectivity index (χ1) is 9.20. The summed E-state index contributed by atoms with van der Waals surface area (Å²) < 4.78 is 5.23. The number of aliphatic hydroxyl groups is 1. The highest BCUT2D eigenvalue weighted by Gasteiger charge is 2.14. The van der Waals surface area contributed by atoms with Gasteiger partial charge in [-0.1, -0.05) is 29.8 Å². The molecule has 0 aliphatic carbocycles. The topological polar surface area (TPSA) is 88.2 Å². The van der Waals surface area contributed by atoms with Crippen molar-refractivity contribution in [1.29, 1.82) is 0 Å². The number of nitrogens with one attached hydrogen (secondary N) is 1. The fourth-order valence-corrected chi connectivity index (χ4v) is 1.67. The Morgan fingerprint density at radius 1 is 1.37 bits per heavy atom. The minimum absolute atomic E-state index is 0.129. The third kappa shape index (κ3) is 3.52. The summed E-state index contributed by atoms with van der Waals surface area (Å²) in [5.74, 6) is -0.329. The number of carbonyl (C=O) groups excluding carboxylic acids is 1. The first-order valence-corrected chi connectivity index (χ1v) is 6.03. The summed E-state index contributed by atoms with van der Waals surface area (Å²) >= 11 is 6.02. The number of benzene rings is 1. The maximum atomic E-state index is 11.5. The van der Waals surface area contributed by atoms with Crippen molar-refractivity contribution in [2.45, 2.75) is 6.42 Å². The van der Waals surface area contributed by atoms with E-state index < -0.39 is 5.91 Å². The van der Waals surface area contributed by atoms with Crippen molar-refractivity contribution in [3.63, 3.8) is 0 Å². The minimum atomic E-state index is -0.507. The average molecular weight is 282 g/mol. The number of amides is 1. The van der Waals surface area contributed by atoms with E-state index in [-0.39, 0.29) is 19.0 Å². The fourth-order valence-electron chi connectivity index (χ4n) is 1.47. The molecule has 0 saturated carbocycles. The van der Waals surface area contributed by atoms with Gasteiger partial charge in [-0.2, -0.15) is 0 Å². The van der Waals surface area contributed by atoms with Crippen LogP contribution in [0.5, 0.6) is 0 Å². The number of hydrogen-bond donors (Lipinski definition) is 2. The molecule has 2 N–H and O–H groups in total. The van der Waals surface area contributed by atoms with Crippen LogP contribution >= 0.6 is 11.6 Å². The molecule has 2 aromatic rings. The van der Waals surface area contributed by atoms with Crippen molar-refractivity contribution in [2.75, 3.05) is 13.2 Å². The first-order valence-electron chi connectivity index (χ1n) is 5.65. The summed E-state index contributed by atoms with van der Waals surface area (Å²) in [6, 6.07) is 7.29. The molecule has 1 amide bonds. The lowest BCUT2D eigenvalue weighted by Crippen LogP contribution is -2.26. The van der Waals surface area contributed by atoms with Crippen LogP contribution in [0.4, 0.5) is 0 Å². The highest BCUT2D eigenvalue weighted by Crippen LogP contribution is 2.18. The SMILES string of the molecule is O=C(NCCO)c1nnc(Cc2ccccc2Cl)o1. The summed E-state index contributed by atoms with van der Waals surface area (Å²) in [5, 5.41) is 19.1. The predicted molar refractivity (Wildman–Crippen MR) is 68.0 cm³/mol. The smallest absolute Gasteiger partial charge is 0.308 e. The van der Waals surface area contributed by atoms with Gasteiger partial charge in [-0.15, -0.1) is 10.2 Å². The largest absolute Gasteiger partial charge is 0.417 e. The summed E-state index contributed by atoms with van der Waals surface area (Å²) in [6.45, 7) is -0.00653. The molecule has 1 aromatic heterocycles. The van der Waals surface area contributed by atoms with Gasteiger partial charge in [0, 0.05) is 11.6 Å². The lowest BCUT2D eigenvalue weighted by atomic mass is 10.1. The molecule has 7 heteroatoms. The Morgan fingerprint density at radius 3 is 2.89 bits per heavy atom. The third-order valence-corrected chi connectivity index (χ3v) is 2.73. The number of carbonyl (C=O) groups is 1. The van der Waals surface area contributed by atoms with Crippen LogP contribution in [0.15, 0.2) is 28.7 Å². The summed E-state index contributed by atoms with van der Waals surface area (Å²) in [5.41, 5.74) is 0.843. The molecule has 19 heavy (non-hydrogen) atoms. The molecular weight excluding hydrogens is 270 g/mol. The quantitative estimate of drug-likeness (QED) is 0.855. The Balaban J connectivity index is 2.05. The molecule has 0 aliphatic rings. The molecular formula is C12H12ClN3O3. The molecule has 0 aliphatic heterocycles. The van der Waals surface area contributed by atoms with Crippen LogP contribution in [-0.2, 0) is 6.42 Å². The van der Waals surface area contributed by atoms with Crippen LogP contribution in [0.3, 0.4) is 0 Å². The summed E-state index contributed by atoms with van der Waals surface area (Å²) in [7, 11) is 0. The van der Waals surface area contributed by atoms with Crippen molar-refractivity contribution in [1.82, 2.24) is 15.5 Å². The molecule has 1 heterocycles. The lowest BCUT2D eigenvalue weighted by molar-refractivity contribution is 0.0908. The van der Waals surface area contributed by atoms with Gasteiger partial charge in [0.05, 0.1) is 13.0 Å². The molecule has 0 radical (unpaired) electrons. The third-order valence-electron chi connectivity index (χ3n) is 2.36.